The lowest BCUT2D eigenvalue weighted by Gasteiger charge is -2.22. The molecule has 0 bridgehead atoms. The van der Waals surface area contributed by atoms with Crippen molar-refractivity contribution < 1.29 is 18.7 Å². The highest BCUT2D eigenvalue weighted by Gasteiger charge is 2.18. The smallest absolute Gasteiger partial charge is 0.341 e. The van der Waals surface area contributed by atoms with Crippen molar-refractivity contribution in [1.29, 1.82) is 0 Å². The van der Waals surface area contributed by atoms with Crippen molar-refractivity contribution in [2.75, 3.05) is 13.2 Å². The number of halogens is 1. The summed E-state index contributed by atoms with van der Waals surface area (Å²) in [5.41, 5.74) is -0.0247. The zero-order chi connectivity index (χ0) is 12.1. The van der Waals surface area contributed by atoms with Gasteiger partial charge in [-0.25, -0.2) is 9.18 Å². The molecule has 3 nitrogen and oxygen atoms in total. The summed E-state index contributed by atoms with van der Waals surface area (Å²) in [6, 6.07) is 5.81. The Morgan fingerprint density at radius 3 is 2.94 bits per heavy atom. The van der Waals surface area contributed by atoms with Crippen LogP contribution in [0, 0.1) is 5.82 Å². The van der Waals surface area contributed by atoms with Crippen LogP contribution in [-0.4, -0.2) is 25.3 Å². The average Bonchev–Trinajstić information content (AvgIpc) is 2.38. The van der Waals surface area contributed by atoms with Gasteiger partial charge in [0.25, 0.3) is 0 Å². The van der Waals surface area contributed by atoms with Crippen molar-refractivity contribution in [1.82, 2.24) is 0 Å². The van der Waals surface area contributed by atoms with Crippen LogP contribution in [0.1, 0.15) is 29.6 Å². The first-order valence-electron chi connectivity index (χ1n) is 5.80. The van der Waals surface area contributed by atoms with Crippen LogP contribution in [0.4, 0.5) is 4.39 Å². The predicted molar refractivity (Wildman–Crippen MR) is 60.3 cm³/mol. The largest absolute Gasteiger partial charge is 0.459 e. The van der Waals surface area contributed by atoms with Gasteiger partial charge in [0.1, 0.15) is 12.4 Å². The monoisotopic (exact) mass is 238 g/mol. The highest BCUT2D eigenvalue weighted by Crippen LogP contribution is 2.14. The summed E-state index contributed by atoms with van der Waals surface area (Å²) in [5, 5.41) is 0. The van der Waals surface area contributed by atoms with E-state index >= 15 is 0 Å². The third-order valence-electron chi connectivity index (χ3n) is 2.77. The van der Waals surface area contributed by atoms with Crippen LogP contribution in [0.2, 0.25) is 0 Å². The Bertz CT molecular complexity index is 386. The van der Waals surface area contributed by atoms with Crippen LogP contribution >= 0.6 is 0 Å². The summed E-state index contributed by atoms with van der Waals surface area (Å²) in [4.78, 5) is 11.6. The van der Waals surface area contributed by atoms with Crippen molar-refractivity contribution >= 4 is 5.97 Å². The molecule has 0 amide bonds. The van der Waals surface area contributed by atoms with Gasteiger partial charge < -0.3 is 9.47 Å². The number of carbonyl (C=O) groups excluding carboxylic acids is 1. The maximum atomic E-state index is 13.3. The van der Waals surface area contributed by atoms with Gasteiger partial charge in [-0.2, -0.15) is 0 Å². The molecule has 1 aliphatic rings. The Hall–Kier alpha value is -1.42. The predicted octanol–water partition coefficient (Wildman–Crippen LogP) is 2.55. The van der Waals surface area contributed by atoms with Gasteiger partial charge in [0.2, 0.25) is 0 Å². The van der Waals surface area contributed by atoms with Crippen LogP contribution in [0.5, 0.6) is 0 Å². The number of benzene rings is 1. The topological polar surface area (TPSA) is 35.5 Å². The molecule has 0 aliphatic carbocycles. The van der Waals surface area contributed by atoms with Crippen LogP contribution < -0.4 is 0 Å². The molecule has 1 saturated heterocycles. The first-order valence-corrected chi connectivity index (χ1v) is 5.80. The quantitative estimate of drug-likeness (QED) is 0.759. The maximum Gasteiger partial charge on any atom is 0.341 e. The van der Waals surface area contributed by atoms with E-state index in [9.17, 15) is 9.18 Å². The molecule has 92 valence electrons. The summed E-state index contributed by atoms with van der Waals surface area (Å²) in [5.74, 6) is -1.18. The van der Waals surface area contributed by atoms with Crippen molar-refractivity contribution in [2.45, 2.75) is 25.4 Å². The van der Waals surface area contributed by atoms with Gasteiger partial charge in [-0.3, -0.25) is 0 Å². The zero-order valence-corrected chi connectivity index (χ0v) is 9.52. The van der Waals surface area contributed by atoms with E-state index in [0.717, 1.165) is 19.3 Å². The highest BCUT2D eigenvalue weighted by atomic mass is 19.1. The van der Waals surface area contributed by atoms with Crippen LogP contribution in [0.25, 0.3) is 0 Å². The Balaban J connectivity index is 1.87. The van der Waals surface area contributed by atoms with E-state index in [-0.39, 0.29) is 18.3 Å². The molecule has 0 spiro atoms. The molecule has 1 aliphatic heterocycles. The Morgan fingerprint density at radius 2 is 2.24 bits per heavy atom. The van der Waals surface area contributed by atoms with E-state index in [0.29, 0.717) is 6.61 Å². The average molecular weight is 238 g/mol. The van der Waals surface area contributed by atoms with Crippen molar-refractivity contribution in [2.24, 2.45) is 0 Å². The van der Waals surface area contributed by atoms with Crippen LogP contribution in [0.3, 0.4) is 0 Å². The van der Waals surface area contributed by atoms with Gasteiger partial charge >= 0.3 is 5.97 Å². The number of carbonyl (C=O) groups is 1. The van der Waals surface area contributed by atoms with E-state index in [1.54, 1.807) is 6.07 Å². The molecule has 17 heavy (non-hydrogen) atoms. The second kappa shape index (κ2) is 5.77. The fourth-order valence-electron chi connectivity index (χ4n) is 1.81. The molecular formula is C13H15FO3. The molecule has 0 saturated carbocycles. The number of hydrogen-bond donors (Lipinski definition) is 0. The number of rotatable bonds is 3. The number of esters is 1. The van der Waals surface area contributed by atoms with Gasteiger partial charge in [0, 0.05) is 6.61 Å². The second-order valence-corrected chi connectivity index (χ2v) is 4.07. The standard InChI is InChI=1S/C13H15FO3/c14-12-7-2-1-6-11(12)13(15)17-9-10-5-3-4-8-16-10/h1-2,6-7,10H,3-5,8-9H2. The van der Waals surface area contributed by atoms with Gasteiger partial charge in [0.05, 0.1) is 11.7 Å². The van der Waals surface area contributed by atoms with Crippen LogP contribution in [0.15, 0.2) is 24.3 Å². The first kappa shape index (κ1) is 12.0. The summed E-state index contributed by atoms with van der Waals surface area (Å²) in [6.07, 6.45) is 2.99. The molecule has 1 heterocycles. The van der Waals surface area contributed by atoms with E-state index in [1.807, 2.05) is 0 Å². The third-order valence-corrected chi connectivity index (χ3v) is 2.77. The fraction of sp³-hybridized carbons (Fsp3) is 0.462. The minimum atomic E-state index is -0.628. The number of hydrogen-bond acceptors (Lipinski definition) is 3. The molecule has 4 heteroatoms. The summed E-state index contributed by atoms with van der Waals surface area (Å²) >= 11 is 0. The Kier molecular flexibility index (Phi) is 4.09. The molecule has 0 N–H and O–H groups in total. The molecule has 1 fully saturated rings. The van der Waals surface area contributed by atoms with Gasteiger partial charge in [-0.15, -0.1) is 0 Å². The molecule has 1 aromatic carbocycles. The molecule has 0 aromatic heterocycles. The highest BCUT2D eigenvalue weighted by molar-refractivity contribution is 5.89. The molecule has 0 radical (unpaired) electrons. The van der Waals surface area contributed by atoms with E-state index in [2.05, 4.69) is 0 Å². The Morgan fingerprint density at radius 1 is 1.41 bits per heavy atom. The Labute approximate surface area is 99.5 Å². The van der Waals surface area contributed by atoms with E-state index in [1.165, 1.54) is 18.2 Å². The van der Waals surface area contributed by atoms with E-state index in [4.69, 9.17) is 9.47 Å². The first-order chi connectivity index (χ1) is 8.27. The summed E-state index contributed by atoms with van der Waals surface area (Å²) in [7, 11) is 0. The second-order valence-electron chi connectivity index (χ2n) is 4.07. The molecular weight excluding hydrogens is 223 g/mol. The normalized spacial score (nSPS) is 19.9. The lowest BCUT2D eigenvalue weighted by atomic mass is 10.1. The minimum Gasteiger partial charge on any atom is -0.459 e. The van der Waals surface area contributed by atoms with Crippen molar-refractivity contribution in [3.05, 3.63) is 35.6 Å². The molecule has 1 aromatic rings. The summed E-state index contributed by atoms with van der Waals surface area (Å²) < 4.78 is 23.7. The number of ether oxygens (including phenoxy) is 2. The third kappa shape index (κ3) is 3.27. The van der Waals surface area contributed by atoms with Gasteiger partial charge in [-0.1, -0.05) is 12.1 Å². The van der Waals surface area contributed by atoms with E-state index < -0.39 is 11.8 Å². The van der Waals surface area contributed by atoms with Gasteiger partial charge in [0.15, 0.2) is 0 Å². The SMILES string of the molecule is O=C(OCC1CCCCO1)c1ccccc1F. The minimum absolute atomic E-state index is 0.0247. The van der Waals surface area contributed by atoms with Crippen molar-refractivity contribution in [3.63, 3.8) is 0 Å². The maximum absolute atomic E-state index is 13.3. The van der Waals surface area contributed by atoms with Crippen molar-refractivity contribution in [3.8, 4) is 0 Å². The van der Waals surface area contributed by atoms with Gasteiger partial charge in [-0.05, 0) is 31.4 Å². The van der Waals surface area contributed by atoms with Crippen LogP contribution in [-0.2, 0) is 9.47 Å². The lowest BCUT2D eigenvalue weighted by Crippen LogP contribution is -2.26. The fourth-order valence-corrected chi connectivity index (χ4v) is 1.81. The zero-order valence-electron chi connectivity index (χ0n) is 9.52. The lowest BCUT2D eigenvalue weighted by molar-refractivity contribution is -0.0302. The molecule has 1 unspecified atom stereocenters. The molecule has 1 atom stereocenters. The molecule has 2 rings (SSSR count). The summed E-state index contributed by atoms with van der Waals surface area (Å²) in [6.45, 7) is 0.912.